The number of amides is 1. The Morgan fingerprint density at radius 1 is 1.00 bits per heavy atom. The number of amidine groups is 1. The first-order valence-corrected chi connectivity index (χ1v) is 12.2. The van der Waals surface area contributed by atoms with Crippen LogP contribution in [0.1, 0.15) is 21.7 Å². The number of thioether (sulfide) groups is 1. The van der Waals surface area contributed by atoms with Gasteiger partial charge in [0.05, 0.1) is 29.8 Å². The second kappa shape index (κ2) is 10.6. The second-order valence-corrected chi connectivity index (χ2v) is 9.17. The molecule has 8 heteroatoms. The molecule has 3 aromatic carbocycles. The number of aliphatic imine (C=N–C) groups is 1. The quantitative estimate of drug-likeness (QED) is 0.287. The van der Waals surface area contributed by atoms with Crippen LogP contribution in [-0.2, 0) is 11.3 Å². The van der Waals surface area contributed by atoms with Crippen LogP contribution in [0, 0.1) is 0 Å². The van der Waals surface area contributed by atoms with E-state index in [0.29, 0.717) is 28.1 Å². The summed E-state index contributed by atoms with van der Waals surface area (Å²) in [5, 5.41) is 9.68. The molecule has 5 rings (SSSR count). The third-order valence-corrected chi connectivity index (χ3v) is 6.69. The molecule has 1 aliphatic rings. The van der Waals surface area contributed by atoms with Crippen LogP contribution in [0.2, 0.25) is 0 Å². The number of carboxylic acid groups (broad SMARTS) is 1. The summed E-state index contributed by atoms with van der Waals surface area (Å²) in [6.07, 6.45) is 1.71. The van der Waals surface area contributed by atoms with Gasteiger partial charge in [0, 0.05) is 11.6 Å². The molecule has 0 saturated carbocycles. The van der Waals surface area contributed by atoms with Gasteiger partial charge in [-0.05, 0) is 65.9 Å². The van der Waals surface area contributed by atoms with Crippen LogP contribution in [-0.4, -0.2) is 34.2 Å². The molecule has 1 saturated heterocycles. The van der Waals surface area contributed by atoms with Crippen molar-refractivity contribution in [1.29, 1.82) is 0 Å². The highest BCUT2D eigenvalue weighted by molar-refractivity contribution is 8.18. The number of carbonyl (C=O) groups is 2. The number of hydrogen-bond acceptors (Lipinski definition) is 6. The highest BCUT2D eigenvalue weighted by Crippen LogP contribution is 2.36. The lowest BCUT2D eigenvalue weighted by molar-refractivity contribution is -0.122. The minimum absolute atomic E-state index is 0.167. The Morgan fingerprint density at radius 2 is 1.73 bits per heavy atom. The number of para-hydroxylation sites is 1. The molecule has 1 fully saturated rings. The highest BCUT2D eigenvalue weighted by Gasteiger charge is 2.33. The van der Waals surface area contributed by atoms with Crippen molar-refractivity contribution in [3.8, 4) is 17.1 Å². The van der Waals surface area contributed by atoms with Crippen molar-refractivity contribution in [2.45, 2.75) is 6.54 Å². The first-order chi connectivity index (χ1) is 18.0. The van der Waals surface area contributed by atoms with Gasteiger partial charge in [0.1, 0.15) is 17.3 Å². The topological polar surface area (TPSA) is 92.3 Å². The molecular weight excluding hydrogens is 488 g/mol. The Balaban J connectivity index is 1.43. The van der Waals surface area contributed by atoms with E-state index in [9.17, 15) is 9.59 Å². The van der Waals surface area contributed by atoms with Crippen molar-refractivity contribution < 1.29 is 23.8 Å². The van der Waals surface area contributed by atoms with Gasteiger partial charge in [-0.1, -0.05) is 42.5 Å². The predicted molar refractivity (Wildman–Crippen MR) is 144 cm³/mol. The number of rotatable bonds is 7. The second-order valence-electron chi connectivity index (χ2n) is 8.16. The fourth-order valence-electron chi connectivity index (χ4n) is 3.75. The number of carbonyl (C=O) groups excluding carboxylic acids is 1. The van der Waals surface area contributed by atoms with Gasteiger partial charge in [-0.2, -0.15) is 0 Å². The van der Waals surface area contributed by atoms with Crippen LogP contribution >= 0.6 is 11.8 Å². The van der Waals surface area contributed by atoms with Crippen molar-refractivity contribution in [3.05, 3.63) is 113 Å². The van der Waals surface area contributed by atoms with Gasteiger partial charge in [-0.25, -0.2) is 9.79 Å². The summed E-state index contributed by atoms with van der Waals surface area (Å²) in [5.41, 5.74) is 2.64. The predicted octanol–water partition coefficient (Wildman–Crippen LogP) is 6.46. The van der Waals surface area contributed by atoms with E-state index in [4.69, 9.17) is 19.3 Å². The fraction of sp³-hybridized carbons (Fsp3) is 0.0690. The smallest absolute Gasteiger partial charge is 0.335 e. The van der Waals surface area contributed by atoms with Gasteiger partial charge in [0.15, 0.2) is 5.17 Å². The summed E-state index contributed by atoms with van der Waals surface area (Å²) >= 11 is 1.29. The Labute approximate surface area is 217 Å². The van der Waals surface area contributed by atoms with Crippen molar-refractivity contribution in [1.82, 2.24) is 4.90 Å². The van der Waals surface area contributed by atoms with Gasteiger partial charge >= 0.3 is 5.97 Å². The monoisotopic (exact) mass is 510 g/mol. The molecule has 1 aliphatic heterocycles. The summed E-state index contributed by atoms with van der Waals surface area (Å²) in [6, 6.07) is 27.1. The largest absolute Gasteiger partial charge is 0.497 e. The van der Waals surface area contributed by atoms with Gasteiger partial charge in [-0.15, -0.1) is 0 Å². The van der Waals surface area contributed by atoms with Crippen LogP contribution in [0.3, 0.4) is 0 Å². The van der Waals surface area contributed by atoms with E-state index in [1.165, 1.54) is 23.9 Å². The highest BCUT2D eigenvalue weighted by atomic mass is 32.2. The number of aromatic carboxylic acids is 1. The SMILES string of the molecule is COc1ccc(CN2C(=O)/C(=C/c3ccc(-c4ccc(C(=O)O)cc4)o3)SC2=Nc2ccccc2)cc1. The van der Waals surface area contributed by atoms with Gasteiger partial charge in [0.2, 0.25) is 0 Å². The Kier molecular flexibility index (Phi) is 6.91. The molecule has 0 bridgehead atoms. The first kappa shape index (κ1) is 24.1. The Morgan fingerprint density at radius 3 is 2.41 bits per heavy atom. The van der Waals surface area contributed by atoms with Crippen LogP contribution in [0.15, 0.2) is 105 Å². The molecule has 37 heavy (non-hydrogen) atoms. The summed E-state index contributed by atoms with van der Waals surface area (Å²) in [5.74, 6) is 0.682. The van der Waals surface area contributed by atoms with Gasteiger partial charge in [0.25, 0.3) is 5.91 Å². The molecule has 1 amide bonds. The van der Waals surface area contributed by atoms with Crippen LogP contribution in [0.25, 0.3) is 17.4 Å². The molecule has 1 aromatic heterocycles. The third-order valence-electron chi connectivity index (χ3n) is 5.69. The lowest BCUT2D eigenvalue weighted by atomic mass is 10.1. The summed E-state index contributed by atoms with van der Waals surface area (Å²) in [4.78, 5) is 31.4. The van der Waals surface area contributed by atoms with E-state index in [1.54, 1.807) is 42.4 Å². The summed E-state index contributed by atoms with van der Waals surface area (Å²) in [7, 11) is 1.61. The molecular formula is C29H22N2O5S. The van der Waals surface area contributed by atoms with Crippen molar-refractivity contribution >= 4 is 40.6 Å². The maximum absolute atomic E-state index is 13.5. The molecule has 4 aromatic rings. The molecule has 0 aliphatic carbocycles. The molecule has 0 radical (unpaired) electrons. The molecule has 7 nitrogen and oxygen atoms in total. The summed E-state index contributed by atoms with van der Waals surface area (Å²) < 4.78 is 11.2. The van der Waals surface area contributed by atoms with E-state index < -0.39 is 5.97 Å². The van der Waals surface area contributed by atoms with Crippen molar-refractivity contribution in [2.24, 2.45) is 4.99 Å². The van der Waals surface area contributed by atoms with Crippen molar-refractivity contribution in [3.63, 3.8) is 0 Å². The third kappa shape index (κ3) is 5.49. The van der Waals surface area contributed by atoms with Crippen molar-refractivity contribution in [2.75, 3.05) is 7.11 Å². The van der Waals surface area contributed by atoms with E-state index in [1.807, 2.05) is 54.6 Å². The van der Waals surface area contributed by atoms with Crippen LogP contribution in [0.4, 0.5) is 5.69 Å². The Bertz CT molecular complexity index is 1490. The first-order valence-electron chi connectivity index (χ1n) is 11.4. The van der Waals surface area contributed by atoms with Crippen LogP contribution < -0.4 is 4.74 Å². The molecule has 1 N–H and O–H groups in total. The zero-order valence-electron chi connectivity index (χ0n) is 19.8. The maximum atomic E-state index is 13.5. The van der Waals surface area contributed by atoms with E-state index in [0.717, 1.165) is 22.6 Å². The summed E-state index contributed by atoms with van der Waals surface area (Å²) in [6.45, 7) is 0.359. The van der Waals surface area contributed by atoms with Gasteiger partial charge < -0.3 is 14.3 Å². The van der Waals surface area contributed by atoms with E-state index in [-0.39, 0.29) is 11.5 Å². The number of nitrogens with zero attached hydrogens (tertiary/aromatic N) is 2. The van der Waals surface area contributed by atoms with Gasteiger partial charge in [-0.3, -0.25) is 9.69 Å². The molecule has 0 unspecified atom stereocenters. The van der Waals surface area contributed by atoms with Crippen LogP contribution in [0.5, 0.6) is 5.75 Å². The number of hydrogen-bond donors (Lipinski definition) is 1. The molecule has 2 heterocycles. The molecule has 0 spiro atoms. The minimum atomic E-state index is -0.986. The zero-order valence-corrected chi connectivity index (χ0v) is 20.6. The molecule has 184 valence electrons. The number of carboxylic acids is 1. The lowest BCUT2D eigenvalue weighted by Crippen LogP contribution is -2.28. The van der Waals surface area contributed by atoms with E-state index >= 15 is 0 Å². The van der Waals surface area contributed by atoms with E-state index in [2.05, 4.69) is 0 Å². The zero-order chi connectivity index (χ0) is 25.8. The number of furan rings is 1. The Hall–Kier alpha value is -4.56. The number of methoxy groups -OCH3 is 1. The standard InChI is InChI=1S/C29H22N2O5S/c1-35-23-13-7-19(8-14-23)18-31-27(32)26(37-29(31)30-22-5-3-2-4-6-22)17-24-15-16-25(36-24)20-9-11-21(12-10-20)28(33)34/h2-17H,18H2,1H3,(H,33,34)/b26-17-,30-29?. The average Bonchev–Trinajstić information content (AvgIpc) is 3.50. The fourth-order valence-corrected chi connectivity index (χ4v) is 4.73. The number of ether oxygens (including phenoxy) is 1. The minimum Gasteiger partial charge on any atom is -0.497 e. The maximum Gasteiger partial charge on any atom is 0.335 e. The molecule has 0 atom stereocenters. The average molecular weight is 511 g/mol. The normalized spacial score (nSPS) is 15.5. The number of benzene rings is 3. The lowest BCUT2D eigenvalue weighted by Gasteiger charge is -2.16.